The standard InChI is InChI=1S/C18H27N5O2.HI/c1-3-17(25)23-11-10-15(13-23)22-18(19-4-2)20-12-16(24)21-14-8-6-5-7-9-14;/h5-9,15H,3-4,10-13H2,1-2H3,(H,21,24)(H2,19,20,22);1H. The van der Waals surface area contributed by atoms with Gasteiger partial charge in [0.15, 0.2) is 5.96 Å². The van der Waals surface area contributed by atoms with Gasteiger partial charge in [0.05, 0.1) is 0 Å². The van der Waals surface area contributed by atoms with Gasteiger partial charge in [-0.05, 0) is 25.5 Å². The van der Waals surface area contributed by atoms with E-state index < -0.39 is 0 Å². The summed E-state index contributed by atoms with van der Waals surface area (Å²) in [5, 5.41) is 9.26. The Balaban J connectivity index is 0.00000338. The lowest BCUT2D eigenvalue weighted by Gasteiger charge is -2.18. The van der Waals surface area contributed by atoms with E-state index in [1.807, 2.05) is 49.1 Å². The van der Waals surface area contributed by atoms with Gasteiger partial charge < -0.3 is 20.9 Å². The number of amides is 2. The Kier molecular flexibility index (Phi) is 10.0. The van der Waals surface area contributed by atoms with Crippen LogP contribution in [-0.2, 0) is 9.59 Å². The van der Waals surface area contributed by atoms with Crippen LogP contribution in [0.5, 0.6) is 0 Å². The van der Waals surface area contributed by atoms with Crippen LogP contribution in [0.25, 0.3) is 0 Å². The molecule has 2 rings (SSSR count). The molecular formula is C18H28IN5O2. The minimum Gasteiger partial charge on any atom is -0.357 e. The van der Waals surface area contributed by atoms with Crippen LogP contribution in [0.4, 0.5) is 5.69 Å². The van der Waals surface area contributed by atoms with Gasteiger partial charge in [-0.2, -0.15) is 0 Å². The number of anilines is 1. The summed E-state index contributed by atoms with van der Waals surface area (Å²) in [5.41, 5.74) is 0.755. The van der Waals surface area contributed by atoms with Gasteiger partial charge in [0, 0.05) is 37.8 Å². The lowest BCUT2D eigenvalue weighted by molar-refractivity contribution is -0.129. The van der Waals surface area contributed by atoms with Crippen LogP contribution in [-0.4, -0.2) is 54.9 Å². The van der Waals surface area contributed by atoms with E-state index >= 15 is 0 Å². The van der Waals surface area contributed by atoms with E-state index in [1.165, 1.54) is 0 Å². The number of rotatable bonds is 6. The van der Waals surface area contributed by atoms with E-state index in [0.29, 0.717) is 25.5 Å². The van der Waals surface area contributed by atoms with Crippen molar-refractivity contribution in [3.05, 3.63) is 30.3 Å². The van der Waals surface area contributed by atoms with Crippen LogP contribution in [0.3, 0.4) is 0 Å². The number of guanidine groups is 1. The van der Waals surface area contributed by atoms with E-state index in [9.17, 15) is 9.59 Å². The van der Waals surface area contributed by atoms with Crippen molar-refractivity contribution >= 4 is 47.4 Å². The first-order valence-electron chi connectivity index (χ1n) is 8.79. The fourth-order valence-corrected chi connectivity index (χ4v) is 2.71. The number of benzene rings is 1. The van der Waals surface area contributed by atoms with Crippen molar-refractivity contribution in [2.24, 2.45) is 4.99 Å². The van der Waals surface area contributed by atoms with Crippen molar-refractivity contribution in [2.75, 3.05) is 31.5 Å². The molecule has 8 heteroatoms. The molecule has 2 amide bonds. The zero-order valence-corrected chi connectivity index (χ0v) is 17.7. The Hall–Kier alpha value is -1.84. The van der Waals surface area contributed by atoms with E-state index in [4.69, 9.17) is 0 Å². The second kappa shape index (κ2) is 11.7. The Morgan fingerprint density at radius 1 is 1.23 bits per heavy atom. The minimum absolute atomic E-state index is 0. The van der Waals surface area contributed by atoms with E-state index in [2.05, 4.69) is 20.9 Å². The average molecular weight is 473 g/mol. The number of likely N-dealkylation sites (tertiary alicyclic amines) is 1. The normalized spacial score (nSPS) is 16.6. The Labute approximate surface area is 172 Å². The molecule has 0 spiro atoms. The third-order valence-electron chi connectivity index (χ3n) is 3.97. The fraction of sp³-hybridized carbons (Fsp3) is 0.500. The van der Waals surface area contributed by atoms with Crippen LogP contribution in [0.2, 0.25) is 0 Å². The number of hydrogen-bond donors (Lipinski definition) is 3. The molecule has 0 aromatic heterocycles. The highest BCUT2D eigenvalue weighted by molar-refractivity contribution is 14.0. The summed E-state index contributed by atoms with van der Waals surface area (Å²) in [6.45, 7) is 6.03. The molecule has 1 saturated heterocycles. The molecule has 1 aromatic carbocycles. The van der Waals surface area contributed by atoms with Crippen LogP contribution in [0, 0.1) is 0 Å². The zero-order valence-electron chi connectivity index (χ0n) is 15.3. The summed E-state index contributed by atoms with van der Waals surface area (Å²) >= 11 is 0. The molecule has 1 aliphatic rings. The molecule has 7 nitrogen and oxygen atoms in total. The van der Waals surface area contributed by atoms with E-state index in [1.54, 1.807) is 0 Å². The van der Waals surface area contributed by atoms with Gasteiger partial charge in [-0.1, -0.05) is 25.1 Å². The molecule has 0 radical (unpaired) electrons. The number of carbonyl (C=O) groups excluding carboxylic acids is 2. The summed E-state index contributed by atoms with van der Waals surface area (Å²) in [4.78, 5) is 30.0. The van der Waals surface area contributed by atoms with Crippen molar-refractivity contribution in [1.29, 1.82) is 0 Å². The third kappa shape index (κ3) is 7.19. The van der Waals surface area contributed by atoms with Crippen LogP contribution in [0.15, 0.2) is 35.3 Å². The Morgan fingerprint density at radius 2 is 1.96 bits per heavy atom. The number of aliphatic imine (C=N–C) groups is 1. The fourth-order valence-electron chi connectivity index (χ4n) is 2.71. The van der Waals surface area contributed by atoms with Gasteiger partial charge in [0.25, 0.3) is 0 Å². The lowest BCUT2D eigenvalue weighted by atomic mass is 10.3. The maximum Gasteiger partial charge on any atom is 0.246 e. The summed E-state index contributed by atoms with van der Waals surface area (Å²) < 4.78 is 0. The highest BCUT2D eigenvalue weighted by Gasteiger charge is 2.25. The molecule has 0 aliphatic carbocycles. The summed E-state index contributed by atoms with van der Waals surface area (Å²) in [5.74, 6) is 0.604. The van der Waals surface area contributed by atoms with Gasteiger partial charge in [0.2, 0.25) is 11.8 Å². The highest BCUT2D eigenvalue weighted by atomic mass is 127. The Bertz CT molecular complexity index is 609. The predicted molar refractivity (Wildman–Crippen MR) is 115 cm³/mol. The van der Waals surface area contributed by atoms with Gasteiger partial charge in [-0.15, -0.1) is 24.0 Å². The third-order valence-corrected chi connectivity index (χ3v) is 3.97. The van der Waals surface area contributed by atoms with Crippen LogP contribution < -0.4 is 16.0 Å². The largest absolute Gasteiger partial charge is 0.357 e. The van der Waals surface area contributed by atoms with E-state index in [0.717, 1.165) is 18.7 Å². The van der Waals surface area contributed by atoms with Gasteiger partial charge >= 0.3 is 0 Å². The maximum atomic E-state index is 12.0. The zero-order chi connectivity index (χ0) is 18.1. The number of nitrogens with zero attached hydrogens (tertiary/aromatic N) is 2. The monoisotopic (exact) mass is 473 g/mol. The molecule has 1 fully saturated rings. The average Bonchev–Trinajstić information content (AvgIpc) is 3.08. The number of hydrogen-bond acceptors (Lipinski definition) is 3. The molecule has 0 saturated carbocycles. The molecule has 1 aromatic rings. The van der Waals surface area contributed by atoms with Crippen molar-refractivity contribution < 1.29 is 9.59 Å². The first kappa shape index (κ1) is 22.2. The lowest BCUT2D eigenvalue weighted by Crippen LogP contribution is -2.45. The summed E-state index contributed by atoms with van der Waals surface area (Å²) in [7, 11) is 0. The second-order valence-electron chi connectivity index (χ2n) is 5.93. The predicted octanol–water partition coefficient (Wildman–Crippen LogP) is 1.81. The SMILES string of the molecule is CCNC(=NCC(=O)Nc1ccccc1)NC1CCN(C(=O)CC)C1.I. The smallest absolute Gasteiger partial charge is 0.246 e. The molecule has 144 valence electrons. The Morgan fingerprint density at radius 3 is 2.62 bits per heavy atom. The molecule has 1 heterocycles. The van der Waals surface area contributed by atoms with Gasteiger partial charge in [0.1, 0.15) is 6.54 Å². The number of nitrogens with one attached hydrogen (secondary N) is 3. The molecule has 3 N–H and O–H groups in total. The number of carbonyl (C=O) groups is 2. The first-order valence-corrected chi connectivity index (χ1v) is 8.79. The highest BCUT2D eigenvalue weighted by Crippen LogP contribution is 2.10. The van der Waals surface area contributed by atoms with Gasteiger partial charge in [-0.3, -0.25) is 9.59 Å². The van der Waals surface area contributed by atoms with Crippen molar-refractivity contribution in [3.8, 4) is 0 Å². The summed E-state index contributed by atoms with van der Waals surface area (Å²) in [6.07, 6.45) is 1.41. The van der Waals surface area contributed by atoms with Crippen LogP contribution >= 0.6 is 24.0 Å². The molecular weight excluding hydrogens is 445 g/mol. The van der Waals surface area contributed by atoms with Gasteiger partial charge in [-0.25, -0.2) is 4.99 Å². The molecule has 1 atom stereocenters. The maximum absolute atomic E-state index is 12.0. The number of para-hydroxylation sites is 1. The van der Waals surface area contributed by atoms with E-state index in [-0.39, 0.29) is 48.4 Å². The summed E-state index contributed by atoms with van der Waals surface area (Å²) in [6, 6.07) is 9.47. The second-order valence-corrected chi connectivity index (χ2v) is 5.93. The molecule has 1 unspecified atom stereocenters. The first-order chi connectivity index (χ1) is 12.1. The quantitative estimate of drug-likeness (QED) is 0.334. The number of halogens is 1. The van der Waals surface area contributed by atoms with Crippen molar-refractivity contribution in [1.82, 2.24) is 15.5 Å². The van der Waals surface area contributed by atoms with Crippen molar-refractivity contribution in [2.45, 2.75) is 32.7 Å². The molecule has 0 bridgehead atoms. The minimum atomic E-state index is -0.169. The molecule has 1 aliphatic heterocycles. The van der Waals surface area contributed by atoms with Crippen LogP contribution in [0.1, 0.15) is 26.7 Å². The molecule has 26 heavy (non-hydrogen) atoms. The topological polar surface area (TPSA) is 85.8 Å². The van der Waals surface area contributed by atoms with Crippen molar-refractivity contribution in [3.63, 3.8) is 0 Å².